The maximum Gasteiger partial charge on any atom is 0.326 e. The largest absolute Gasteiger partial charge is 0.480 e. The lowest BCUT2D eigenvalue weighted by Gasteiger charge is -2.27. The number of hydrogen-bond acceptors (Lipinski definition) is 4. The predicted molar refractivity (Wildman–Crippen MR) is 71.4 cm³/mol. The molecular weight excluding hydrogens is 283 g/mol. The number of nitrogens with one attached hydrogen (secondary N) is 1. The van der Waals surface area contributed by atoms with Crippen LogP contribution in [0.2, 0.25) is 0 Å². The summed E-state index contributed by atoms with van der Waals surface area (Å²) in [4.78, 5) is 33.2. The van der Waals surface area contributed by atoms with Crippen LogP contribution in [-0.2, 0) is 4.79 Å². The van der Waals surface area contributed by atoms with E-state index in [0.717, 1.165) is 12.1 Å². The summed E-state index contributed by atoms with van der Waals surface area (Å²) in [5, 5.41) is 22.2. The molecule has 0 saturated carbocycles. The van der Waals surface area contributed by atoms with Crippen molar-refractivity contribution < 1.29 is 24.0 Å². The molecule has 0 fully saturated rings. The molecule has 2 N–H and O–H groups in total. The van der Waals surface area contributed by atoms with Gasteiger partial charge in [-0.05, 0) is 17.5 Å². The Bertz CT molecular complexity index is 595. The van der Waals surface area contributed by atoms with Gasteiger partial charge in [0.25, 0.3) is 11.6 Å². The first-order valence-corrected chi connectivity index (χ1v) is 6.01. The Morgan fingerprint density at radius 2 is 1.95 bits per heavy atom. The van der Waals surface area contributed by atoms with Crippen LogP contribution >= 0.6 is 0 Å². The molecule has 0 unspecified atom stereocenters. The zero-order valence-corrected chi connectivity index (χ0v) is 11.7. The van der Waals surface area contributed by atoms with Gasteiger partial charge in [-0.15, -0.1) is 0 Å². The van der Waals surface area contributed by atoms with Gasteiger partial charge in [0.05, 0.1) is 11.0 Å². The minimum atomic E-state index is -1.26. The van der Waals surface area contributed by atoms with E-state index in [1.807, 2.05) is 0 Å². The van der Waals surface area contributed by atoms with Gasteiger partial charge in [-0.3, -0.25) is 14.9 Å². The summed E-state index contributed by atoms with van der Waals surface area (Å²) < 4.78 is 13.0. The molecule has 0 aliphatic heterocycles. The molecule has 1 amide bonds. The molecule has 0 aromatic heterocycles. The second kappa shape index (κ2) is 5.86. The maximum absolute atomic E-state index is 13.0. The molecule has 1 atom stereocenters. The smallest absolute Gasteiger partial charge is 0.326 e. The van der Waals surface area contributed by atoms with Crippen molar-refractivity contribution >= 4 is 17.6 Å². The number of carboxylic acid groups (broad SMARTS) is 1. The fraction of sp³-hybridized carbons (Fsp3) is 0.385. The van der Waals surface area contributed by atoms with Gasteiger partial charge in [0, 0.05) is 0 Å². The Labute approximate surface area is 119 Å². The third-order valence-electron chi connectivity index (χ3n) is 2.79. The highest BCUT2D eigenvalue weighted by Gasteiger charge is 2.34. The summed E-state index contributed by atoms with van der Waals surface area (Å²) >= 11 is 0. The highest BCUT2D eigenvalue weighted by Crippen LogP contribution is 2.23. The summed E-state index contributed by atoms with van der Waals surface area (Å²) in [5.74, 6) is -3.06. The van der Waals surface area contributed by atoms with Crippen LogP contribution in [0.3, 0.4) is 0 Å². The highest BCUT2D eigenvalue weighted by atomic mass is 19.1. The highest BCUT2D eigenvalue weighted by molar-refractivity contribution is 6.00. The van der Waals surface area contributed by atoms with Gasteiger partial charge in [-0.25, -0.2) is 9.18 Å². The molecule has 0 radical (unpaired) electrons. The number of nitro groups is 1. The second-order valence-electron chi connectivity index (χ2n) is 5.53. The fourth-order valence-electron chi connectivity index (χ4n) is 1.71. The Morgan fingerprint density at radius 1 is 1.38 bits per heavy atom. The number of carbonyl (C=O) groups excluding carboxylic acids is 1. The minimum absolute atomic E-state index is 0.392. The third-order valence-corrected chi connectivity index (χ3v) is 2.79. The lowest BCUT2D eigenvalue weighted by atomic mass is 9.86. The molecule has 1 rings (SSSR count). The Kier molecular flexibility index (Phi) is 4.62. The SMILES string of the molecule is CC(C)(C)[C@H](NC(=O)c1ccc(F)cc1[N+](=O)[O-])C(=O)O. The number of halogens is 1. The van der Waals surface area contributed by atoms with Gasteiger partial charge >= 0.3 is 5.97 Å². The van der Waals surface area contributed by atoms with Crippen LogP contribution < -0.4 is 5.32 Å². The second-order valence-corrected chi connectivity index (χ2v) is 5.53. The standard InChI is InChI=1S/C13H15FN2O5/c1-13(2,3)10(12(18)19)15-11(17)8-5-4-7(14)6-9(8)16(20)21/h4-6,10H,1-3H3,(H,15,17)(H,18,19)/t10-/m1/s1. The topological polar surface area (TPSA) is 110 Å². The van der Waals surface area contributed by atoms with Gasteiger partial charge in [0.2, 0.25) is 0 Å². The Hall–Kier alpha value is -2.51. The summed E-state index contributed by atoms with van der Waals surface area (Å²) in [5.41, 5.74) is -1.90. The number of hydrogen-bond donors (Lipinski definition) is 2. The number of nitro benzene ring substituents is 1. The molecule has 0 saturated heterocycles. The van der Waals surface area contributed by atoms with Crippen molar-refractivity contribution in [1.82, 2.24) is 5.32 Å². The first kappa shape index (κ1) is 16.5. The van der Waals surface area contributed by atoms with Gasteiger partial charge in [-0.1, -0.05) is 20.8 Å². The van der Waals surface area contributed by atoms with Crippen molar-refractivity contribution in [2.45, 2.75) is 26.8 Å². The molecule has 0 spiro atoms. The van der Waals surface area contributed by atoms with Crippen LogP contribution in [0.15, 0.2) is 18.2 Å². The van der Waals surface area contributed by atoms with E-state index in [4.69, 9.17) is 5.11 Å². The molecule has 1 aromatic carbocycles. The van der Waals surface area contributed by atoms with Crippen LogP contribution in [0.4, 0.5) is 10.1 Å². The van der Waals surface area contributed by atoms with Crippen molar-refractivity contribution in [3.05, 3.63) is 39.7 Å². The number of carbonyl (C=O) groups is 2. The quantitative estimate of drug-likeness (QED) is 0.652. The molecule has 0 heterocycles. The van der Waals surface area contributed by atoms with Gasteiger partial charge in [0.1, 0.15) is 17.4 Å². The predicted octanol–water partition coefficient (Wildman–Crippen LogP) is 1.96. The van der Waals surface area contributed by atoms with E-state index < -0.39 is 45.3 Å². The van der Waals surface area contributed by atoms with Crippen LogP contribution in [0.5, 0.6) is 0 Å². The molecule has 21 heavy (non-hydrogen) atoms. The number of aliphatic carboxylic acids is 1. The van der Waals surface area contributed by atoms with E-state index in [2.05, 4.69) is 5.32 Å². The molecule has 0 bridgehead atoms. The van der Waals surface area contributed by atoms with Crippen molar-refractivity contribution in [3.63, 3.8) is 0 Å². The molecule has 114 valence electrons. The zero-order valence-electron chi connectivity index (χ0n) is 11.7. The average molecular weight is 298 g/mol. The number of carboxylic acids is 1. The van der Waals surface area contributed by atoms with Crippen LogP contribution in [0, 0.1) is 21.3 Å². The lowest BCUT2D eigenvalue weighted by Crippen LogP contribution is -2.49. The Morgan fingerprint density at radius 3 is 2.38 bits per heavy atom. The number of amides is 1. The minimum Gasteiger partial charge on any atom is -0.480 e. The summed E-state index contributed by atoms with van der Waals surface area (Å²) in [6, 6.07) is 1.22. The summed E-state index contributed by atoms with van der Waals surface area (Å²) in [6.07, 6.45) is 0. The van der Waals surface area contributed by atoms with E-state index in [1.165, 1.54) is 0 Å². The zero-order chi connectivity index (χ0) is 16.4. The van der Waals surface area contributed by atoms with Crippen LogP contribution in [0.1, 0.15) is 31.1 Å². The number of rotatable bonds is 4. The molecule has 0 aliphatic carbocycles. The van der Waals surface area contributed by atoms with Crippen LogP contribution in [-0.4, -0.2) is 27.9 Å². The molecule has 0 aliphatic rings. The monoisotopic (exact) mass is 298 g/mol. The third kappa shape index (κ3) is 3.98. The van der Waals surface area contributed by atoms with E-state index in [9.17, 15) is 24.1 Å². The average Bonchev–Trinajstić information content (AvgIpc) is 2.33. The normalized spacial score (nSPS) is 12.6. The molecule has 7 nitrogen and oxygen atoms in total. The first-order chi connectivity index (χ1) is 9.54. The number of nitrogens with zero attached hydrogens (tertiary/aromatic N) is 1. The van der Waals surface area contributed by atoms with Crippen molar-refractivity contribution in [1.29, 1.82) is 0 Å². The van der Waals surface area contributed by atoms with E-state index in [-0.39, 0.29) is 0 Å². The van der Waals surface area contributed by atoms with E-state index in [1.54, 1.807) is 20.8 Å². The first-order valence-electron chi connectivity index (χ1n) is 6.01. The van der Waals surface area contributed by atoms with Crippen molar-refractivity contribution in [3.8, 4) is 0 Å². The van der Waals surface area contributed by atoms with Crippen molar-refractivity contribution in [2.24, 2.45) is 5.41 Å². The van der Waals surface area contributed by atoms with Gasteiger partial charge in [-0.2, -0.15) is 0 Å². The molecule has 8 heteroatoms. The molecule has 1 aromatic rings. The Balaban J connectivity index is 3.15. The van der Waals surface area contributed by atoms with Crippen molar-refractivity contribution in [2.75, 3.05) is 0 Å². The fourth-order valence-corrected chi connectivity index (χ4v) is 1.71. The van der Waals surface area contributed by atoms with E-state index in [0.29, 0.717) is 6.07 Å². The lowest BCUT2D eigenvalue weighted by molar-refractivity contribution is -0.385. The maximum atomic E-state index is 13.0. The van der Waals surface area contributed by atoms with Crippen LogP contribution in [0.25, 0.3) is 0 Å². The van der Waals surface area contributed by atoms with Gasteiger partial charge in [0.15, 0.2) is 0 Å². The van der Waals surface area contributed by atoms with Gasteiger partial charge < -0.3 is 10.4 Å². The van der Waals surface area contributed by atoms with E-state index >= 15 is 0 Å². The molecular formula is C13H15FN2O5. The summed E-state index contributed by atoms with van der Waals surface area (Å²) in [7, 11) is 0. The number of benzene rings is 1. The summed E-state index contributed by atoms with van der Waals surface area (Å²) in [6.45, 7) is 4.81.